The van der Waals surface area contributed by atoms with Gasteiger partial charge < -0.3 is 10.2 Å². The third-order valence-electron chi connectivity index (χ3n) is 6.10. The van der Waals surface area contributed by atoms with Crippen molar-refractivity contribution in [3.8, 4) is 0 Å². The molecule has 0 atom stereocenters. The van der Waals surface area contributed by atoms with Crippen molar-refractivity contribution in [1.29, 1.82) is 0 Å². The second kappa shape index (κ2) is 6.37. The Balaban J connectivity index is 2.29. The predicted octanol–water partition coefficient (Wildman–Crippen LogP) is 4.08. The van der Waals surface area contributed by atoms with Crippen LogP contribution in [0.15, 0.2) is 0 Å². The van der Waals surface area contributed by atoms with E-state index in [0.717, 1.165) is 44.9 Å². The highest BCUT2D eigenvalue weighted by atomic mass is 16.4. The van der Waals surface area contributed by atoms with Crippen molar-refractivity contribution in [1.82, 2.24) is 0 Å². The summed E-state index contributed by atoms with van der Waals surface area (Å²) in [7, 11) is 0. The average Bonchev–Trinajstić information content (AvgIpc) is 2.48. The lowest BCUT2D eigenvalue weighted by Gasteiger charge is -2.50. The zero-order valence-corrected chi connectivity index (χ0v) is 13.1. The molecule has 2 N–H and O–H groups in total. The van der Waals surface area contributed by atoms with Crippen LogP contribution in [0.2, 0.25) is 0 Å². The van der Waals surface area contributed by atoms with E-state index in [0.29, 0.717) is 31.6 Å². The van der Waals surface area contributed by atoms with Crippen LogP contribution in [0.4, 0.5) is 0 Å². The van der Waals surface area contributed by atoms with E-state index in [1.807, 2.05) is 0 Å². The summed E-state index contributed by atoms with van der Waals surface area (Å²) in [5.41, 5.74) is -2.07. The van der Waals surface area contributed by atoms with Crippen LogP contribution in [0.3, 0.4) is 0 Å². The van der Waals surface area contributed by atoms with Crippen LogP contribution in [0.1, 0.15) is 77.6 Å². The minimum Gasteiger partial charge on any atom is -0.481 e. The minimum absolute atomic E-state index is 0.535. The molecule has 0 aromatic heterocycles. The van der Waals surface area contributed by atoms with Gasteiger partial charge in [0.15, 0.2) is 0 Å². The lowest BCUT2D eigenvalue weighted by Crippen LogP contribution is -2.55. The van der Waals surface area contributed by atoms with Crippen molar-refractivity contribution < 1.29 is 19.8 Å². The van der Waals surface area contributed by atoms with E-state index in [1.165, 1.54) is 0 Å². The molecule has 0 unspecified atom stereocenters. The normalized spacial score (nSPS) is 32.5. The van der Waals surface area contributed by atoms with Crippen LogP contribution in [0.25, 0.3) is 0 Å². The summed E-state index contributed by atoms with van der Waals surface area (Å²) >= 11 is 0. The summed E-state index contributed by atoms with van der Waals surface area (Å²) in [5.74, 6) is -1.17. The predicted molar refractivity (Wildman–Crippen MR) is 80.1 cm³/mol. The van der Waals surface area contributed by atoms with Crippen LogP contribution in [-0.2, 0) is 9.59 Å². The zero-order valence-electron chi connectivity index (χ0n) is 13.1. The lowest BCUT2D eigenvalue weighted by molar-refractivity contribution is -0.183. The van der Waals surface area contributed by atoms with E-state index in [1.54, 1.807) is 0 Å². The first-order chi connectivity index (χ1) is 9.98. The molecular weight excluding hydrogens is 268 g/mol. The summed E-state index contributed by atoms with van der Waals surface area (Å²) in [6.45, 7) is 2.15. The third kappa shape index (κ3) is 2.69. The summed E-state index contributed by atoms with van der Waals surface area (Å²) < 4.78 is 0. The first-order valence-corrected chi connectivity index (χ1v) is 8.45. The Hall–Kier alpha value is -1.06. The fourth-order valence-electron chi connectivity index (χ4n) is 4.82. The van der Waals surface area contributed by atoms with Gasteiger partial charge in [-0.15, -0.1) is 0 Å². The Morgan fingerprint density at radius 1 is 0.905 bits per heavy atom. The smallest absolute Gasteiger partial charge is 0.310 e. The largest absolute Gasteiger partial charge is 0.481 e. The summed E-state index contributed by atoms with van der Waals surface area (Å²) in [4.78, 5) is 24.1. The second-order valence-corrected chi connectivity index (χ2v) is 7.07. The first-order valence-electron chi connectivity index (χ1n) is 8.45. The van der Waals surface area contributed by atoms with Gasteiger partial charge in [0, 0.05) is 0 Å². The SMILES string of the molecule is CCC[C@H]1CC[C@](C(=O)O)(C2(C(=O)O)CCCCC2)CC1. The highest BCUT2D eigenvalue weighted by Crippen LogP contribution is 2.58. The second-order valence-electron chi connectivity index (χ2n) is 7.07. The van der Waals surface area contributed by atoms with Gasteiger partial charge >= 0.3 is 11.9 Å². The van der Waals surface area contributed by atoms with E-state index in [2.05, 4.69) is 6.92 Å². The van der Waals surface area contributed by atoms with Crippen LogP contribution in [-0.4, -0.2) is 22.2 Å². The number of carbonyl (C=O) groups is 2. The quantitative estimate of drug-likeness (QED) is 0.801. The molecule has 0 heterocycles. The molecule has 0 aliphatic heterocycles. The topological polar surface area (TPSA) is 74.6 Å². The number of carboxylic acids is 2. The maximum Gasteiger partial charge on any atom is 0.310 e. The number of hydrogen-bond acceptors (Lipinski definition) is 2. The van der Waals surface area contributed by atoms with Crippen molar-refractivity contribution >= 4 is 11.9 Å². The molecule has 120 valence electrons. The van der Waals surface area contributed by atoms with Crippen molar-refractivity contribution in [3.63, 3.8) is 0 Å². The minimum atomic E-state index is -1.04. The van der Waals surface area contributed by atoms with Gasteiger partial charge in [0.25, 0.3) is 0 Å². The monoisotopic (exact) mass is 296 g/mol. The Kier molecular flexibility index (Phi) is 4.95. The number of aliphatic carboxylic acids is 2. The Morgan fingerprint density at radius 2 is 1.38 bits per heavy atom. The van der Waals surface area contributed by atoms with Crippen LogP contribution < -0.4 is 0 Å². The molecular formula is C17H28O4. The standard InChI is InChI=1S/C17H28O4/c1-2-6-13-7-11-17(12-8-13,15(20)21)16(14(18)19)9-4-3-5-10-16/h13H,2-12H2,1H3,(H,18,19)(H,20,21)/t13-,17-. The molecule has 0 spiro atoms. The summed E-state index contributed by atoms with van der Waals surface area (Å²) in [6.07, 6.45) is 8.87. The Morgan fingerprint density at radius 3 is 1.81 bits per heavy atom. The van der Waals surface area contributed by atoms with E-state index in [4.69, 9.17) is 0 Å². The van der Waals surface area contributed by atoms with Crippen LogP contribution in [0.5, 0.6) is 0 Å². The van der Waals surface area contributed by atoms with Crippen molar-refractivity contribution in [2.45, 2.75) is 77.6 Å². The molecule has 0 aromatic rings. The van der Waals surface area contributed by atoms with Crippen molar-refractivity contribution in [2.24, 2.45) is 16.7 Å². The molecule has 2 rings (SSSR count). The lowest BCUT2D eigenvalue weighted by atomic mass is 9.51. The molecule has 0 radical (unpaired) electrons. The van der Waals surface area contributed by atoms with E-state index in [-0.39, 0.29) is 0 Å². The van der Waals surface area contributed by atoms with Gasteiger partial charge in [-0.3, -0.25) is 9.59 Å². The first kappa shape index (κ1) is 16.3. The number of hydrogen-bond donors (Lipinski definition) is 2. The average molecular weight is 296 g/mol. The molecule has 2 saturated carbocycles. The summed E-state index contributed by atoms with van der Waals surface area (Å²) in [5, 5.41) is 19.8. The molecule has 0 amide bonds. The molecule has 0 saturated heterocycles. The Bertz CT molecular complexity index is 388. The molecule has 2 fully saturated rings. The van der Waals surface area contributed by atoms with Crippen LogP contribution in [0, 0.1) is 16.7 Å². The molecule has 2 aliphatic carbocycles. The van der Waals surface area contributed by atoms with E-state index in [9.17, 15) is 19.8 Å². The van der Waals surface area contributed by atoms with Gasteiger partial charge in [-0.25, -0.2) is 0 Å². The molecule has 0 aromatic carbocycles. The maximum atomic E-state index is 12.1. The maximum absolute atomic E-state index is 12.1. The van der Waals surface area contributed by atoms with Gasteiger partial charge in [-0.2, -0.15) is 0 Å². The Labute approximate surface area is 126 Å². The molecule has 4 nitrogen and oxygen atoms in total. The van der Waals surface area contributed by atoms with Gasteiger partial charge in [-0.05, 0) is 44.4 Å². The third-order valence-corrected chi connectivity index (χ3v) is 6.10. The van der Waals surface area contributed by atoms with Gasteiger partial charge in [0.05, 0.1) is 10.8 Å². The fraction of sp³-hybridized carbons (Fsp3) is 0.882. The van der Waals surface area contributed by atoms with E-state index < -0.39 is 22.8 Å². The van der Waals surface area contributed by atoms with E-state index >= 15 is 0 Å². The fourth-order valence-corrected chi connectivity index (χ4v) is 4.82. The van der Waals surface area contributed by atoms with Gasteiger partial charge in [-0.1, -0.05) is 39.0 Å². The molecule has 4 heteroatoms. The number of carboxylic acid groups (broad SMARTS) is 2. The van der Waals surface area contributed by atoms with Gasteiger partial charge in [0.1, 0.15) is 0 Å². The summed E-state index contributed by atoms with van der Waals surface area (Å²) in [6, 6.07) is 0. The number of rotatable bonds is 5. The van der Waals surface area contributed by atoms with Crippen molar-refractivity contribution in [2.75, 3.05) is 0 Å². The molecule has 0 bridgehead atoms. The van der Waals surface area contributed by atoms with Crippen molar-refractivity contribution in [3.05, 3.63) is 0 Å². The van der Waals surface area contributed by atoms with Crippen LogP contribution >= 0.6 is 0 Å². The van der Waals surface area contributed by atoms with Gasteiger partial charge in [0.2, 0.25) is 0 Å². The highest BCUT2D eigenvalue weighted by molar-refractivity contribution is 5.87. The zero-order chi connectivity index (χ0) is 15.5. The molecule has 21 heavy (non-hydrogen) atoms. The molecule has 2 aliphatic rings. The highest BCUT2D eigenvalue weighted by Gasteiger charge is 2.61.